The van der Waals surface area contributed by atoms with Crippen molar-refractivity contribution in [2.75, 3.05) is 18.4 Å². The molecule has 1 aromatic carbocycles. The van der Waals surface area contributed by atoms with Crippen molar-refractivity contribution in [1.82, 2.24) is 4.90 Å². The summed E-state index contributed by atoms with van der Waals surface area (Å²) in [5.74, 6) is 0. The van der Waals surface area contributed by atoms with E-state index in [1.165, 1.54) is 4.90 Å². The van der Waals surface area contributed by atoms with Crippen LogP contribution in [0.4, 0.5) is 10.5 Å². The average Bonchev–Trinajstić information content (AvgIpc) is 2.69. The van der Waals surface area contributed by atoms with Gasteiger partial charge in [0.25, 0.3) is 0 Å². The number of ether oxygens (including phenoxy) is 1. The van der Waals surface area contributed by atoms with Crippen LogP contribution in [0.25, 0.3) is 0 Å². The van der Waals surface area contributed by atoms with Gasteiger partial charge in [-0.05, 0) is 39.0 Å². The molecule has 2 unspecified atom stereocenters. The number of β-amino-alcohol motifs (C(OH)–C–C–N with tert-alkyl or cyclic N) is 1. The first-order valence-electron chi connectivity index (χ1n) is 6.93. The fourth-order valence-electron chi connectivity index (χ4n) is 2.20. The highest BCUT2D eigenvalue weighted by molar-refractivity contribution is 6.30. The minimum absolute atomic E-state index is 0.240. The predicted molar refractivity (Wildman–Crippen MR) is 82.7 cm³/mol. The molecule has 0 saturated carbocycles. The van der Waals surface area contributed by atoms with Gasteiger partial charge in [-0.2, -0.15) is 0 Å². The summed E-state index contributed by atoms with van der Waals surface area (Å²) in [4.78, 5) is 13.5. The Bertz CT molecular complexity index is 516. The molecule has 1 aromatic rings. The molecule has 0 aliphatic carbocycles. The smallest absolute Gasteiger partial charge is 0.410 e. The van der Waals surface area contributed by atoms with Gasteiger partial charge in [0.15, 0.2) is 0 Å². The third-order valence-corrected chi connectivity index (χ3v) is 3.35. The summed E-state index contributed by atoms with van der Waals surface area (Å²) in [6, 6.07) is 7.03. The Morgan fingerprint density at radius 2 is 2.14 bits per heavy atom. The Hall–Kier alpha value is -1.46. The molecule has 21 heavy (non-hydrogen) atoms. The van der Waals surface area contributed by atoms with Crippen LogP contribution < -0.4 is 5.32 Å². The molecule has 116 valence electrons. The molecule has 1 heterocycles. The Kier molecular flexibility index (Phi) is 4.64. The molecule has 0 bridgehead atoms. The van der Waals surface area contributed by atoms with Gasteiger partial charge in [0.2, 0.25) is 0 Å². The minimum atomic E-state index is -0.642. The van der Waals surface area contributed by atoms with Crippen molar-refractivity contribution >= 4 is 23.4 Å². The summed E-state index contributed by atoms with van der Waals surface area (Å²) in [5, 5.41) is 13.9. The molecule has 1 aliphatic heterocycles. The Morgan fingerprint density at radius 3 is 2.76 bits per heavy atom. The van der Waals surface area contributed by atoms with Crippen molar-refractivity contribution in [2.24, 2.45) is 0 Å². The van der Waals surface area contributed by atoms with E-state index in [2.05, 4.69) is 5.32 Å². The number of amides is 1. The molecule has 0 aromatic heterocycles. The van der Waals surface area contributed by atoms with E-state index in [-0.39, 0.29) is 12.6 Å². The van der Waals surface area contributed by atoms with Gasteiger partial charge in [-0.25, -0.2) is 4.79 Å². The van der Waals surface area contributed by atoms with Crippen molar-refractivity contribution in [3.63, 3.8) is 0 Å². The van der Waals surface area contributed by atoms with Crippen LogP contribution in [0.5, 0.6) is 0 Å². The highest BCUT2D eigenvalue weighted by Crippen LogP contribution is 2.21. The molecule has 0 spiro atoms. The third-order valence-electron chi connectivity index (χ3n) is 3.12. The van der Waals surface area contributed by atoms with Crippen LogP contribution in [-0.4, -0.2) is 46.9 Å². The highest BCUT2D eigenvalue weighted by Gasteiger charge is 2.36. The number of nitrogens with zero attached hydrogens (tertiary/aromatic N) is 1. The summed E-state index contributed by atoms with van der Waals surface area (Å²) in [7, 11) is 0. The van der Waals surface area contributed by atoms with Gasteiger partial charge in [-0.3, -0.25) is 0 Å². The van der Waals surface area contributed by atoms with Gasteiger partial charge in [0.05, 0.1) is 18.7 Å². The van der Waals surface area contributed by atoms with E-state index in [1.54, 1.807) is 12.1 Å². The van der Waals surface area contributed by atoms with Crippen molar-refractivity contribution in [3.8, 4) is 0 Å². The van der Waals surface area contributed by atoms with Crippen molar-refractivity contribution in [2.45, 2.75) is 38.5 Å². The first-order valence-corrected chi connectivity index (χ1v) is 7.30. The van der Waals surface area contributed by atoms with Crippen molar-refractivity contribution in [3.05, 3.63) is 29.3 Å². The van der Waals surface area contributed by atoms with Gasteiger partial charge < -0.3 is 20.1 Å². The van der Waals surface area contributed by atoms with Crippen LogP contribution in [0.15, 0.2) is 24.3 Å². The van der Waals surface area contributed by atoms with Gasteiger partial charge in [-0.1, -0.05) is 17.7 Å². The van der Waals surface area contributed by atoms with Crippen LogP contribution in [0, 0.1) is 0 Å². The molecule has 2 N–H and O–H groups in total. The van der Waals surface area contributed by atoms with Gasteiger partial charge in [-0.15, -0.1) is 0 Å². The molecule has 2 atom stereocenters. The molecule has 1 aliphatic rings. The summed E-state index contributed by atoms with van der Waals surface area (Å²) in [6.45, 7) is 6.10. The van der Waals surface area contributed by atoms with E-state index in [9.17, 15) is 9.90 Å². The molecular formula is C15H21ClN2O3. The summed E-state index contributed by atoms with van der Waals surface area (Å²) < 4.78 is 5.31. The van der Waals surface area contributed by atoms with Crippen LogP contribution in [0.2, 0.25) is 5.02 Å². The molecule has 1 amide bonds. The second-order valence-corrected chi connectivity index (χ2v) is 6.65. The molecule has 2 rings (SSSR count). The minimum Gasteiger partial charge on any atom is -0.444 e. The van der Waals surface area contributed by atoms with Crippen LogP contribution >= 0.6 is 11.6 Å². The number of aliphatic hydroxyl groups excluding tert-OH is 1. The van der Waals surface area contributed by atoms with Crippen molar-refractivity contribution in [1.29, 1.82) is 0 Å². The SMILES string of the molecule is CC(C)(C)OC(=O)N1CC(O)C(Nc2cccc(Cl)c2)C1. The number of halogens is 1. The maximum absolute atomic E-state index is 12.0. The monoisotopic (exact) mass is 312 g/mol. The summed E-state index contributed by atoms with van der Waals surface area (Å²) >= 11 is 5.93. The van der Waals surface area contributed by atoms with Crippen LogP contribution in [-0.2, 0) is 4.74 Å². The highest BCUT2D eigenvalue weighted by atomic mass is 35.5. The zero-order valence-corrected chi connectivity index (χ0v) is 13.2. The lowest BCUT2D eigenvalue weighted by molar-refractivity contribution is 0.0270. The number of benzene rings is 1. The summed E-state index contributed by atoms with van der Waals surface area (Å²) in [5.41, 5.74) is 0.276. The fraction of sp³-hybridized carbons (Fsp3) is 0.533. The number of aliphatic hydroxyl groups is 1. The molecule has 1 fully saturated rings. The number of carbonyl (C=O) groups excluding carboxylic acids is 1. The lowest BCUT2D eigenvalue weighted by Crippen LogP contribution is -2.36. The largest absolute Gasteiger partial charge is 0.444 e. The zero-order chi connectivity index (χ0) is 15.6. The van der Waals surface area contributed by atoms with Gasteiger partial charge >= 0.3 is 6.09 Å². The van der Waals surface area contributed by atoms with E-state index in [0.29, 0.717) is 11.6 Å². The lowest BCUT2D eigenvalue weighted by Gasteiger charge is -2.24. The normalized spacial score (nSPS) is 22.2. The zero-order valence-electron chi connectivity index (χ0n) is 12.5. The van der Waals surface area contributed by atoms with Gasteiger partial charge in [0.1, 0.15) is 5.60 Å². The second-order valence-electron chi connectivity index (χ2n) is 6.21. The van der Waals surface area contributed by atoms with Crippen LogP contribution in [0.3, 0.4) is 0 Å². The number of hydrogen-bond donors (Lipinski definition) is 2. The lowest BCUT2D eigenvalue weighted by atomic mass is 10.2. The molecular weight excluding hydrogens is 292 g/mol. The van der Waals surface area contributed by atoms with E-state index in [1.807, 2.05) is 32.9 Å². The van der Waals surface area contributed by atoms with Crippen LogP contribution in [0.1, 0.15) is 20.8 Å². The number of anilines is 1. The first-order chi connectivity index (χ1) is 9.74. The quantitative estimate of drug-likeness (QED) is 0.881. The van der Waals surface area contributed by atoms with E-state index in [0.717, 1.165) is 5.69 Å². The predicted octanol–water partition coefficient (Wildman–Crippen LogP) is 2.73. The third kappa shape index (κ3) is 4.51. The standard InChI is InChI=1S/C15H21ClN2O3/c1-15(2,3)21-14(20)18-8-12(13(19)9-18)17-11-6-4-5-10(16)7-11/h4-7,12-13,17,19H,8-9H2,1-3H3. The molecule has 0 radical (unpaired) electrons. The average molecular weight is 313 g/mol. The Balaban J connectivity index is 1.96. The van der Waals surface area contributed by atoms with E-state index in [4.69, 9.17) is 16.3 Å². The number of carbonyl (C=O) groups is 1. The Labute approximate surface area is 129 Å². The molecule has 5 nitrogen and oxygen atoms in total. The van der Waals surface area contributed by atoms with Crippen molar-refractivity contribution < 1.29 is 14.6 Å². The maximum Gasteiger partial charge on any atom is 0.410 e. The van der Waals surface area contributed by atoms with E-state index < -0.39 is 17.8 Å². The topological polar surface area (TPSA) is 61.8 Å². The first kappa shape index (κ1) is 15.9. The second kappa shape index (κ2) is 6.12. The maximum atomic E-state index is 12.0. The van der Waals surface area contributed by atoms with E-state index >= 15 is 0 Å². The number of hydrogen-bond acceptors (Lipinski definition) is 4. The van der Waals surface area contributed by atoms with Gasteiger partial charge in [0, 0.05) is 17.3 Å². The number of nitrogens with one attached hydrogen (secondary N) is 1. The Morgan fingerprint density at radius 1 is 1.43 bits per heavy atom. The summed E-state index contributed by atoms with van der Waals surface area (Å²) in [6.07, 6.45) is -1.05. The molecule has 1 saturated heterocycles. The number of rotatable bonds is 2. The molecule has 6 heteroatoms. The number of likely N-dealkylation sites (tertiary alicyclic amines) is 1. The fourth-order valence-corrected chi connectivity index (χ4v) is 2.39.